The van der Waals surface area contributed by atoms with Crippen LogP contribution in [-0.4, -0.2) is 24.5 Å². The van der Waals surface area contributed by atoms with E-state index in [0.29, 0.717) is 0 Å². The maximum absolute atomic E-state index is 2.47. The van der Waals surface area contributed by atoms with Crippen LogP contribution in [0.1, 0.15) is 19.3 Å². The average Bonchev–Trinajstić information content (AvgIpc) is 2.06. The Morgan fingerprint density at radius 2 is 2.45 bits per heavy atom. The summed E-state index contributed by atoms with van der Waals surface area (Å²) in [6.45, 7) is 1.27. The van der Waals surface area contributed by atoms with Crippen molar-refractivity contribution in [3.05, 3.63) is 23.8 Å². The number of likely N-dealkylation sites (N-methyl/N-ethyl adjacent to an activating group) is 1. The summed E-state index contributed by atoms with van der Waals surface area (Å²) in [5.41, 5.74) is 1.64. The van der Waals surface area contributed by atoms with Gasteiger partial charge in [-0.25, -0.2) is 0 Å². The van der Waals surface area contributed by atoms with Gasteiger partial charge in [-0.2, -0.15) is 0 Å². The van der Waals surface area contributed by atoms with Crippen LogP contribution in [0.3, 0.4) is 0 Å². The number of hydrogen-bond acceptors (Lipinski definition) is 1. The van der Waals surface area contributed by atoms with E-state index in [4.69, 9.17) is 0 Å². The van der Waals surface area contributed by atoms with Crippen molar-refractivity contribution in [1.29, 1.82) is 0 Å². The topological polar surface area (TPSA) is 3.24 Å². The number of nitrogens with zero attached hydrogens (tertiary/aromatic N) is 1. The van der Waals surface area contributed by atoms with Crippen molar-refractivity contribution in [1.82, 2.24) is 4.90 Å². The third-order valence-electron chi connectivity index (χ3n) is 2.74. The van der Waals surface area contributed by atoms with E-state index >= 15 is 0 Å². The summed E-state index contributed by atoms with van der Waals surface area (Å²) in [7, 11) is 2.23. The lowest BCUT2D eigenvalue weighted by Crippen LogP contribution is -2.38. The van der Waals surface area contributed by atoms with E-state index < -0.39 is 0 Å². The van der Waals surface area contributed by atoms with Crippen LogP contribution >= 0.6 is 0 Å². The highest BCUT2D eigenvalue weighted by atomic mass is 15.1. The zero-order valence-electron chi connectivity index (χ0n) is 7.09. The molecule has 0 amide bonds. The van der Waals surface area contributed by atoms with Crippen molar-refractivity contribution in [2.24, 2.45) is 0 Å². The molecule has 0 N–H and O–H groups in total. The van der Waals surface area contributed by atoms with Crippen LogP contribution in [0.2, 0.25) is 0 Å². The molecule has 0 saturated carbocycles. The molecule has 1 aliphatic carbocycles. The lowest BCUT2D eigenvalue weighted by Gasteiger charge is -2.35. The van der Waals surface area contributed by atoms with Crippen LogP contribution < -0.4 is 0 Å². The molecule has 1 aliphatic heterocycles. The van der Waals surface area contributed by atoms with E-state index in [2.05, 4.69) is 30.2 Å². The quantitative estimate of drug-likeness (QED) is 0.509. The molecule has 2 aliphatic rings. The van der Waals surface area contributed by atoms with E-state index in [0.717, 1.165) is 6.04 Å². The third-order valence-corrected chi connectivity index (χ3v) is 2.74. The van der Waals surface area contributed by atoms with Crippen molar-refractivity contribution in [2.45, 2.75) is 25.3 Å². The fourth-order valence-corrected chi connectivity index (χ4v) is 2.06. The Bertz CT molecular complexity index is 203. The smallest absolute Gasteiger partial charge is 0.0342 e. The zero-order valence-corrected chi connectivity index (χ0v) is 7.09. The maximum Gasteiger partial charge on any atom is 0.0342 e. The first kappa shape index (κ1) is 7.11. The van der Waals surface area contributed by atoms with Gasteiger partial charge in [-0.05, 0) is 32.9 Å². The van der Waals surface area contributed by atoms with Gasteiger partial charge in [0, 0.05) is 6.04 Å². The van der Waals surface area contributed by atoms with Gasteiger partial charge in [0.15, 0.2) is 0 Å². The largest absolute Gasteiger partial charge is 0.299 e. The summed E-state index contributed by atoms with van der Waals surface area (Å²) in [5.74, 6) is 0. The summed E-state index contributed by atoms with van der Waals surface area (Å²) >= 11 is 0. The number of rotatable bonds is 0. The van der Waals surface area contributed by atoms with Gasteiger partial charge in [0.25, 0.3) is 0 Å². The van der Waals surface area contributed by atoms with Gasteiger partial charge in [-0.1, -0.05) is 23.8 Å². The van der Waals surface area contributed by atoms with Crippen molar-refractivity contribution < 1.29 is 0 Å². The van der Waals surface area contributed by atoms with Crippen molar-refractivity contribution in [2.75, 3.05) is 13.6 Å². The highest BCUT2D eigenvalue weighted by Gasteiger charge is 2.22. The molecule has 1 heterocycles. The molecule has 1 saturated heterocycles. The Balaban J connectivity index is 2.18. The van der Waals surface area contributed by atoms with Crippen LogP contribution in [0.25, 0.3) is 0 Å². The predicted molar refractivity (Wildman–Crippen MR) is 47.5 cm³/mol. The van der Waals surface area contributed by atoms with Crippen molar-refractivity contribution in [3.63, 3.8) is 0 Å². The molecular weight excluding hydrogens is 134 g/mol. The number of fused-ring (bicyclic) bond motifs is 1. The van der Waals surface area contributed by atoms with E-state index in [9.17, 15) is 0 Å². The first-order chi connectivity index (χ1) is 5.38. The fraction of sp³-hybridized carbons (Fsp3) is 0.600. The second-order valence-corrected chi connectivity index (χ2v) is 3.51. The molecule has 1 unspecified atom stereocenters. The molecule has 0 aromatic heterocycles. The lowest BCUT2D eigenvalue weighted by atomic mass is 9.90. The summed E-state index contributed by atoms with van der Waals surface area (Å²) < 4.78 is 0. The van der Waals surface area contributed by atoms with Gasteiger partial charge >= 0.3 is 0 Å². The molecule has 0 radical (unpaired) electrons. The number of hydrogen-bond donors (Lipinski definition) is 0. The molecule has 1 heteroatoms. The second kappa shape index (κ2) is 2.82. The maximum atomic E-state index is 2.47. The Morgan fingerprint density at radius 1 is 1.55 bits per heavy atom. The van der Waals surface area contributed by atoms with Crippen LogP contribution in [0, 0.1) is 0 Å². The number of allylic oxidation sites excluding steroid dienone is 2. The number of likely N-dealkylation sites (tertiary alicyclic amines) is 1. The zero-order chi connectivity index (χ0) is 7.68. The van der Waals surface area contributed by atoms with E-state index in [1.165, 1.54) is 25.8 Å². The van der Waals surface area contributed by atoms with Gasteiger partial charge in [0.2, 0.25) is 0 Å². The van der Waals surface area contributed by atoms with Crippen LogP contribution in [0.4, 0.5) is 0 Å². The molecule has 1 atom stereocenters. The Hall–Kier alpha value is -0.560. The SMILES string of the molecule is CN1CCCC2=CC=CCC21. The molecule has 0 aromatic rings. The average molecular weight is 149 g/mol. The molecule has 60 valence electrons. The molecular formula is C10H15N. The van der Waals surface area contributed by atoms with Crippen LogP contribution in [0.15, 0.2) is 23.8 Å². The van der Waals surface area contributed by atoms with Crippen molar-refractivity contribution in [3.8, 4) is 0 Å². The van der Waals surface area contributed by atoms with Gasteiger partial charge in [0.05, 0.1) is 0 Å². The van der Waals surface area contributed by atoms with Gasteiger partial charge in [-0.3, -0.25) is 4.90 Å². The molecule has 0 bridgehead atoms. The van der Waals surface area contributed by atoms with Gasteiger partial charge in [0.1, 0.15) is 0 Å². The summed E-state index contributed by atoms with van der Waals surface area (Å²) in [4.78, 5) is 2.47. The Morgan fingerprint density at radius 3 is 3.27 bits per heavy atom. The molecule has 1 fully saturated rings. The van der Waals surface area contributed by atoms with Gasteiger partial charge in [-0.15, -0.1) is 0 Å². The monoisotopic (exact) mass is 149 g/mol. The summed E-state index contributed by atoms with van der Waals surface area (Å²) in [6, 6.07) is 0.730. The van der Waals surface area contributed by atoms with E-state index in [-0.39, 0.29) is 0 Å². The van der Waals surface area contributed by atoms with Crippen LogP contribution in [-0.2, 0) is 0 Å². The standard InChI is InChI=1S/C10H15N/c1-11-8-4-6-9-5-2-3-7-10(9)11/h2-3,5,10H,4,6-8H2,1H3. The summed E-state index contributed by atoms with van der Waals surface area (Å²) in [6.07, 6.45) is 10.7. The first-order valence-electron chi connectivity index (χ1n) is 4.44. The Labute approximate surface area is 68.4 Å². The molecule has 1 nitrogen and oxygen atoms in total. The van der Waals surface area contributed by atoms with Gasteiger partial charge < -0.3 is 0 Å². The minimum Gasteiger partial charge on any atom is -0.299 e. The molecule has 0 aromatic carbocycles. The normalized spacial score (nSPS) is 31.4. The van der Waals surface area contributed by atoms with E-state index in [1.54, 1.807) is 5.57 Å². The highest BCUT2D eigenvalue weighted by Crippen LogP contribution is 2.26. The van der Waals surface area contributed by atoms with Crippen LogP contribution in [0.5, 0.6) is 0 Å². The minimum atomic E-state index is 0.730. The van der Waals surface area contributed by atoms with E-state index in [1.807, 2.05) is 0 Å². The molecule has 2 rings (SSSR count). The lowest BCUT2D eigenvalue weighted by molar-refractivity contribution is 0.235. The Kier molecular flexibility index (Phi) is 1.82. The second-order valence-electron chi connectivity index (χ2n) is 3.51. The molecule has 0 spiro atoms. The molecule has 11 heavy (non-hydrogen) atoms. The predicted octanol–water partition coefficient (Wildman–Crippen LogP) is 1.97. The first-order valence-corrected chi connectivity index (χ1v) is 4.44. The van der Waals surface area contributed by atoms with Crippen molar-refractivity contribution >= 4 is 0 Å². The number of piperidine rings is 1. The fourth-order valence-electron chi connectivity index (χ4n) is 2.06. The minimum absolute atomic E-state index is 0.730. The highest BCUT2D eigenvalue weighted by molar-refractivity contribution is 5.25. The third kappa shape index (κ3) is 1.25. The summed E-state index contributed by atoms with van der Waals surface area (Å²) in [5, 5.41) is 0.